The molecule has 1 heterocycles. The molecule has 0 N–H and O–H groups in total. The van der Waals surface area contributed by atoms with Gasteiger partial charge < -0.3 is 4.74 Å². The van der Waals surface area contributed by atoms with E-state index in [9.17, 15) is 0 Å². The van der Waals surface area contributed by atoms with Crippen molar-refractivity contribution in [2.24, 2.45) is 0 Å². The molecular weight excluding hydrogens is 198 g/mol. The molecule has 0 aromatic carbocycles. The molecule has 0 saturated carbocycles. The molecule has 1 rings (SSSR count). The summed E-state index contributed by atoms with van der Waals surface area (Å²) in [5, 5.41) is 0. The van der Waals surface area contributed by atoms with Crippen LogP contribution >= 0.6 is 0 Å². The van der Waals surface area contributed by atoms with Gasteiger partial charge in [0, 0.05) is 23.9 Å². The number of hydrogen-bond donors (Lipinski definition) is 0. The maximum atomic E-state index is 5.62. The average Bonchev–Trinajstić information content (AvgIpc) is 2.10. The van der Waals surface area contributed by atoms with Crippen LogP contribution in [0.2, 0.25) is 0 Å². The fourth-order valence-corrected chi connectivity index (χ4v) is 3.29. The third-order valence-corrected chi connectivity index (χ3v) is 3.65. The van der Waals surface area contributed by atoms with Crippen molar-refractivity contribution in [1.29, 1.82) is 0 Å². The molecule has 0 aromatic heterocycles. The van der Waals surface area contributed by atoms with Gasteiger partial charge in [-0.05, 0) is 40.7 Å². The second kappa shape index (κ2) is 4.79. The Bertz CT molecular complexity index is 227. The summed E-state index contributed by atoms with van der Waals surface area (Å²) in [7, 11) is 0. The van der Waals surface area contributed by atoms with E-state index in [4.69, 9.17) is 4.74 Å². The number of likely N-dealkylation sites (tertiary alicyclic amines) is 1. The van der Waals surface area contributed by atoms with Gasteiger partial charge in [-0.15, -0.1) is 0 Å². The lowest BCUT2D eigenvalue weighted by molar-refractivity contribution is -0.0836. The van der Waals surface area contributed by atoms with Crippen LogP contribution in [0, 0.1) is 0 Å². The highest BCUT2D eigenvalue weighted by Crippen LogP contribution is 2.39. The Morgan fingerprint density at radius 1 is 1.25 bits per heavy atom. The summed E-state index contributed by atoms with van der Waals surface area (Å²) in [5.41, 5.74) is 0.427. The molecule has 0 amide bonds. The maximum Gasteiger partial charge on any atom is 0.101 e. The Morgan fingerprint density at radius 2 is 1.75 bits per heavy atom. The van der Waals surface area contributed by atoms with Gasteiger partial charge in [0.1, 0.15) is 6.10 Å². The van der Waals surface area contributed by atoms with Crippen molar-refractivity contribution in [1.82, 2.24) is 4.90 Å². The summed E-state index contributed by atoms with van der Waals surface area (Å²) in [4.78, 5) is 2.63. The van der Waals surface area contributed by atoms with E-state index in [1.165, 1.54) is 13.0 Å². The minimum atomic E-state index is 0.214. The van der Waals surface area contributed by atoms with E-state index in [-0.39, 0.29) is 11.1 Å². The normalized spacial score (nSPS) is 25.3. The zero-order valence-corrected chi connectivity index (χ0v) is 11.5. The smallest absolute Gasteiger partial charge is 0.101 e. The fraction of sp³-hybridized carbons (Fsp3) is 0.857. The van der Waals surface area contributed by atoms with E-state index in [1.54, 1.807) is 6.26 Å². The van der Waals surface area contributed by atoms with E-state index < -0.39 is 0 Å². The van der Waals surface area contributed by atoms with Crippen molar-refractivity contribution in [3.8, 4) is 0 Å². The predicted molar refractivity (Wildman–Crippen MR) is 69.5 cm³/mol. The maximum absolute atomic E-state index is 5.62. The lowest BCUT2D eigenvalue weighted by atomic mass is 9.78. The first-order chi connectivity index (χ1) is 7.33. The zero-order valence-electron chi connectivity index (χ0n) is 11.5. The highest BCUT2D eigenvalue weighted by molar-refractivity contribution is 5.00. The highest BCUT2D eigenvalue weighted by Gasteiger charge is 2.45. The van der Waals surface area contributed by atoms with Crippen molar-refractivity contribution in [3.05, 3.63) is 12.8 Å². The van der Waals surface area contributed by atoms with Gasteiger partial charge in [0.15, 0.2) is 0 Å². The molecule has 1 aliphatic rings. The SMILES string of the molecule is C=COC1CC(C)(C)N(CCC)C(C)(C)C1. The molecule has 0 unspecified atom stereocenters. The van der Waals surface area contributed by atoms with Crippen molar-refractivity contribution < 1.29 is 4.74 Å². The van der Waals surface area contributed by atoms with Crippen molar-refractivity contribution in [3.63, 3.8) is 0 Å². The quantitative estimate of drug-likeness (QED) is 0.678. The first-order valence-electron chi connectivity index (χ1n) is 6.37. The number of ether oxygens (including phenoxy) is 1. The highest BCUT2D eigenvalue weighted by atomic mass is 16.5. The molecule has 0 aliphatic carbocycles. The van der Waals surface area contributed by atoms with Gasteiger partial charge in [0.25, 0.3) is 0 Å². The third-order valence-electron chi connectivity index (χ3n) is 3.65. The van der Waals surface area contributed by atoms with Gasteiger partial charge in [-0.3, -0.25) is 4.90 Å². The summed E-state index contributed by atoms with van der Waals surface area (Å²) in [6.07, 6.45) is 5.28. The van der Waals surface area contributed by atoms with E-state index >= 15 is 0 Å². The van der Waals surface area contributed by atoms with E-state index in [0.29, 0.717) is 6.10 Å². The second-order valence-electron chi connectivity index (χ2n) is 6.11. The molecule has 0 spiro atoms. The van der Waals surface area contributed by atoms with Crippen LogP contribution in [0.5, 0.6) is 0 Å². The molecule has 1 saturated heterocycles. The predicted octanol–water partition coefficient (Wildman–Crippen LogP) is 3.58. The Morgan fingerprint density at radius 3 is 2.12 bits per heavy atom. The molecule has 1 fully saturated rings. The van der Waals surface area contributed by atoms with Crippen LogP contribution in [-0.4, -0.2) is 28.6 Å². The van der Waals surface area contributed by atoms with Gasteiger partial charge >= 0.3 is 0 Å². The average molecular weight is 225 g/mol. The van der Waals surface area contributed by atoms with Gasteiger partial charge in [-0.25, -0.2) is 0 Å². The van der Waals surface area contributed by atoms with Crippen molar-refractivity contribution >= 4 is 0 Å². The number of piperidine rings is 1. The van der Waals surface area contributed by atoms with Gasteiger partial charge in [0.05, 0.1) is 6.26 Å². The molecule has 94 valence electrons. The van der Waals surface area contributed by atoms with E-state index in [1.807, 2.05) is 0 Å². The number of hydrogen-bond acceptors (Lipinski definition) is 2. The summed E-state index contributed by atoms with van der Waals surface area (Å²) >= 11 is 0. The van der Waals surface area contributed by atoms with Crippen molar-refractivity contribution in [2.75, 3.05) is 6.54 Å². The van der Waals surface area contributed by atoms with E-state index in [2.05, 4.69) is 46.1 Å². The third kappa shape index (κ3) is 2.79. The summed E-state index contributed by atoms with van der Waals surface area (Å²) in [5.74, 6) is 0. The number of nitrogens with zero attached hydrogens (tertiary/aromatic N) is 1. The molecule has 2 nitrogen and oxygen atoms in total. The molecule has 0 aromatic rings. The first-order valence-corrected chi connectivity index (χ1v) is 6.37. The second-order valence-corrected chi connectivity index (χ2v) is 6.11. The fourth-order valence-electron chi connectivity index (χ4n) is 3.29. The van der Waals surface area contributed by atoms with E-state index in [0.717, 1.165) is 12.8 Å². The Labute approximate surface area is 101 Å². The topological polar surface area (TPSA) is 12.5 Å². The lowest BCUT2D eigenvalue weighted by Crippen LogP contribution is -2.62. The molecule has 2 heteroatoms. The van der Waals surface area contributed by atoms with Gasteiger partial charge in [-0.1, -0.05) is 13.5 Å². The minimum Gasteiger partial charge on any atom is -0.499 e. The van der Waals surface area contributed by atoms with Crippen LogP contribution < -0.4 is 0 Å². The van der Waals surface area contributed by atoms with Crippen LogP contribution in [0.1, 0.15) is 53.9 Å². The minimum absolute atomic E-state index is 0.214. The first kappa shape index (κ1) is 13.6. The molecule has 0 radical (unpaired) electrons. The molecule has 0 atom stereocenters. The summed E-state index contributed by atoms with van der Waals surface area (Å²) in [6, 6.07) is 0. The van der Waals surface area contributed by atoms with Crippen molar-refractivity contribution in [2.45, 2.75) is 71.1 Å². The molecule has 16 heavy (non-hydrogen) atoms. The summed E-state index contributed by atoms with van der Waals surface area (Å²) in [6.45, 7) is 16.4. The monoisotopic (exact) mass is 225 g/mol. The Kier molecular flexibility index (Phi) is 4.06. The number of rotatable bonds is 4. The Hall–Kier alpha value is -0.500. The lowest BCUT2D eigenvalue weighted by Gasteiger charge is -2.55. The summed E-state index contributed by atoms with van der Waals surface area (Å²) < 4.78 is 5.62. The van der Waals surface area contributed by atoms with Crippen LogP contribution in [0.4, 0.5) is 0 Å². The largest absolute Gasteiger partial charge is 0.499 e. The standard InChI is InChI=1S/C14H27NO/c1-7-9-15-13(3,4)10-12(16-8-2)11-14(15,5)6/h8,12H,2,7,9-11H2,1,3-6H3. The van der Waals surface area contributed by atoms with Crippen LogP contribution in [0.3, 0.4) is 0 Å². The van der Waals surface area contributed by atoms with Crippen LogP contribution in [0.25, 0.3) is 0 Å². The van der Waals surface area contributed by atoms with Crippen LogP contribution in [-0.2, 0) is 4.74 Å². The van der Waals surface area contributed by atoms with Crippen LogP contribution in [0.15, 0.2) is 12.8 Å². The molecule has 0 bridgehead atoms. The molecular formula is C14H27NO. The van der Waals surface area contributed by atoms with Gasteiger partial charge in [0.2, 0.25) is 0 Å². The van der Waals surface area contributed by atoms with Gasteiger partial charge in [-0.2, -0.15) is 0 Å². The zero-order chi connectivity index (χ0) is 12.4. The Balaban J connectivity index is 2.84. The molecule has 1 aliphatic heterocycles.